The molecule has 1 atom stereocenters. The van der Waals surface area contributed by atoms with Crippen molar-refractivity contribution in [2.75, 3.05) is 20.7 Å². The average molecular weight is 504 g/mol. The van der Waals surface area contributed by atoms with Crippen LogP contribution in [0.5, 0.6) is 0 Å². The van der Waals surface area contributed by atoms with E-state index < -0.39 is 20.1 Å². The molecule has 0 aliphatic heterocycles. The summed E-state index contributed by atoms with van der Waals surface area (Å²) in [7, 11) is 2.05. The molecule has 36 heavy (non-hydrogen) atoms. The van der Waals surface area contributed by atoms with Crippen LogP contribution in [0.15, 0.2) is 61.4 Å². The monoisotopic (exact) mass is 503 g/mol. The van der Waals surface area contributed by atoms with Crippen LogP contribution in [-0.2, 0) is 16.3 Å². The molecule has 4 aromatic rings. The Morgan fingerprint density at radius 3 is 2.53 bits per heavy atom. The van der Waals surface area contributed by atoms with E-state index in [1.54, 1.807) is 38.8 Å². The molecule has 4 heterocycles. The molecule has 0 saturated heterocycles. The molecule has 0 aliphatic rings. The smallest absolute Gasteiger partial charge is 0.255 e. The number of carbonyl (C=O) groups is 1. The van der Waals surface area contributed by atoms with Gasteiger partial charge in [-0.2, -0.15) is 0 Å². The highest BCUT2D eigenvalue weighted by molar-refractivity contribution is 6.76. The Labute approximate surface area is 212 Å². The maximum Gasteiger partial charge on any atom is 0.255 e. The summed E-state index contributed by atoms with van der Waals surface area (Å²) in [6.45, 7) is 8.16. The van der Waals surface area contributed by atoms with Gasteiger partial charge in [-0.25, -0.2) is 4.98 Å². The number of aromatic nitrogens is 4. The fourth-order valence-corrected chi connectivity index (χ4v) is 4.63. The van der Waals surface area contributed by atoms with Gasteiger partial charge >= 0.3 is 0 Å². The van der Waals surface area contributed by atoms with Gasteiger partial charge in [-0.05, 0) is 24.2 Å². The maximum atomic E-state index is 12.3. The van der Waals surface area contributed by atoms with Crippen molar-refractivity contribution in [3.8, 4) is 22.3 Å². The second kappa shape index (κ2) is 10.7. The molecule has 4 aromatic heterocycles. The number of ether oxygens (including phenoxy) is 1. The quantitative estimate of drug-likeness (QED) is 0.265. The van der Waals surface area contributed by atoms with Crippen LogP contribution in [-0.4, -0.2) is 64.2 Å². The summed E-state index contributed by atoms with van der Waals surface area (Å²) in [5.41, 5.74) is 4.85. The van der Waals surface area contributed by atoms with E-state index in [0.717, 1.165) is 45.9 Å². The summed E-state index contributed by atoms with van der Waals surface area (Å²) >= 11 is 0. The summed E-state index contributed by atoms with van der Waals surface area (Å²) in [5.74, 6) is -0.396. The molecule has 8 nitrogen and oxygen atoms in total. The SMILES string of the molecule is CN(C)C(=O)C(O)c1cncc(-c2cnc3c(c2)c(-c2cccnc2)cn3COCC[Si](C)(C)C)c1. The van der Waals surface area contributed by atoms with E-state index in [9.17, 15) is 9.90 Å². The molecule has 0 spiro atoms. The molecular weight excluding hydrogens is 470 g/mol. The van der Waals surface area contributed by atoms with Crippen molar-refractivity contribution in [2.45, 2.75) is 38.5 Å². The lowest BCUT2D eigenvalue weighted by Crippen LogP contribution is -2.28. The molecule has 188 valence electrons. The zero-order chi connectivity index (χ0) is 25.9. The second-order valence-electron chi connectivity index (χ2n) is 10.3. The Balaban J connectivity index is 1.71. The predicted molar refractivity (Wildman–Crippen MR) is 144 cm³/mol. The number of rotatable bonds is 9. The number of amides is 1. The first kappa shape index (κ1) is 25.7. The third-order valence-corrected chi connectivity index (χ3v) is 7.70. The van der Waals surface area contributed by atoms with Gasteiger partial charge in [0.25, 0.3) is 5.91 Å². The highest BCUT2D eigenvalue weighted by Gasteiger charge is 2.20. The van der Waals surface area contributed by atoms with Gasteiger partial charge in [-0.3, -0.25) is 14.8 Å². The number of carbonyl (C=O) groups excluding carboxylic acids is 1. The van der Waals surface area contributed by atoms with Crippen LogP contribution < -0.4 is 0 Å². The number of hydrogen-bond acceptors (Lipinski definition) is 6. The van der Waals surface area contributed by atoms with E-state index in [4.69, 9.17) is 9.72 Å². The molecule has 0 aromatic carbocycles. The lowest BCUT2D eigenvalue weighted by molar-refractivity contribution is -0.137. The first-order chi connectivity index (χ1) is 17.1. The molecule has 9 heteroatoms. The van der Waals surface area contributed by atoms with Crippen molar-refractivity contribution in [2.24, 2.45) is 0 Å². The summed E-state index contributed by atoms with van der Waals surface area (Å²) in [6.07, 6.45) is 9.38. The zero-order valence-electron chi connectivity index (χ0n) is 21.5. The molecule has 1 unspecified atom stereocenters. The van der Waals surface area contributed by atoms with Crippen molar-refractivity contribution < 1.29 is 14.6 Å². The van der Waals surface area contributed by atoms with Crippen molar-refractivity contribution >= 4 is 25.0 Å². The van der Waals surface area contributed by atoms with Crippen molar-refractivity contribution in [1.82, 2.24) is 24.4 Å². The number of hydrogen-bond donors (Lipinski definition) is 1. The van der Waals surface area contributed by atoms with Crippen LogP contribution in [0.3, 0.4) is 0 Å². The van der Waals surface area contributed by atoms with Crippen LogP contribution in [0.1, 0.15) is 11.7 Å². The fraction of sp³-hybridized carbons (Fsp3) is 0.333. The third kappa shape index (κ3) is 5.87. The van der Waals surface area contributed by atoms with Crippen LogP contribution in [0.4, 0.5) is 0 Å². The number of nitrogens with zero attached hydrogens (tertiary/aromatic N) is 5. The van der Waals surface area contributed by atoms with Gasteiger partial charge in [0.15, 0.2) is 6.10 Å². The van der Waals surface area contributed by atoms with E-state index in [2.05, 4.69) is 41.9 Å². The zero-order valence-corrected chi connectivity index (χ0v) is 22.5. The molecule has 0 bridgehead atoms. The number of fused-ring (bicyclic) bond motifs is 1. The highest BCUT2D eigenvalue weighted by Crippen LogP contribution is 2.33. The standard InChI is InChI=1S/C27H33N5O3Si/c1-31(2)27(34)25(33)22-11-20(14-29-15-22)21-12-23-24(19-7-6-8-28-13-19)17-32(26(23)30-16-21)18-35-9-10-36(3,4)5/h6-8,11-17,25,33H,9-10,18H2,1-5H3. The largest absolute Gasteiger partial charge is 0.378 e. The van der Waals surface area contributed by atoms with Crippen molar-refractivity contribution in [3.63, 3.8) is 0 Å². The van der Waals surface area contributed by atoms with Gasteiger partial charge < -0.3 is 19.3 Å². The van der Waals surface area contributed by atoms with E-state index >= 15 is 0 Å². The van der Waals surface area contributed by atoms with E-state index in [1.165, 1.54) is 11.1 Å². The summed E-state index contributed by atoms with van der Waals surface area (Å²) < 4.78 is 8.05. The first-order valence-electron chi connectivity index (χ1n) is 12.0. The Kier molecular flexibility index (Phi) is 7.63. The van der Waals surface area contributed by atoms with Gasteiger partial charge in [0.1, 0.15) is 12.4 Å². The lowest BCUT2D eigenvalue weighted by atomic mass is 10.0. The highest BCUT2D eigenvalue weighted by atomic mass is 28.3. The Morgan fingerprint density at radius 2 is 1.83 bits per heavy atom. The van der Waals surface area contributed by atoms with Crippen LogP contribution in [0.2, 0.25) is 25.7 Å². The molecular formula is C27H33N5O3Si. The average Bonchev–Trinajstić information content (AvgIpc) is 3.23. The number of pyridine rings is 3. The van der Waals surface area contributed by atoms with Crippen LogP contribution in [0.25, 0.3) is 33.3 Å². The van der Waals surface area contributed by atoms with Crippen molar-refractivity contribution in [1.29, 1.82) is 0 Å². The van der Waals surface area contributed by atoms with Gasteiger partial charge in [0, 0.05) is 99.2 Å². The molecule has 0 saturated carbocycles. The minimum Gasteiger partial charge on any atom is -0.378 e. The van der Waals surface area contributed by atoms with Gasteiger partial charge in [0.05, 0.1) is 0 Å². The molecule has 0 radical (unpaired) electrons. The number of aliphatic hydroxyl groups excluding tert-OH is 1. The molecule has 1 amide bonds. The van der Waals surface area contributed by atoms with E-state index in [0.29, 0.717) is 12.3 Å². The minimum atomic E-state index is -1.27. The van der Waals surface area contributed by atoms with Crippen LogP contribution >= 0.6 is 0 Å². The van der Waals surface area contributed by atoms with Gasteiger partial charge in [0.2, 0.25) is 0 Å². The maximum absolute atomic E-state index is 12.3. The number of likely N-dealkylation sites (N-methyl/N-ethyl adjacent to an activating group) is 1. The number of aliphatic hydroxyl groups is 1. The fourth-order valence-electron chi connectivity index (χ4n) is 3.87. The van der Waals surface area contributed by atoms with Crippen LogP contribution in [0, 0.1) is 0 Å². The lowest BCUT2D eigenvalue weighted by Gasteiger charge is -2.16. The van der Waals surface area contributed by atoms with Gasteiger partial charge in [-0.15, -0.1) is 0 Å². The van der Waals surface area contributed by atoms with Crippen molar-refractivity contribution in [3.05, 3.63) is 67.0 Å². The Hall–Kier alpha value is -3.40. The van der Waals surface area contributed by atoms with E-state index in [-0.39, 0.29) is 0 Å². The molecule has 0 aliphatic carbocycles. The molecule has 1 N–H and O–H groups in total. The van der Waals surface area contributed by atoms with Gasteiger partial charge in [-0.1, -0.05) is 25.7 Å². The molecule has 4 rings (SSSR count). The summed E-state index contributed by atoms with van der Waals surface area (Å²) in [5, 5.41) is 11.4. The third-order valence-electron chi connectivity index (χ3n) is 6.00. The van der Waals surface area contributed by atoms with E-state index in [1.807, 2.05) is 22.9 Å². The predicted octanol–water partition coefficient (Wildman–Crippen LogP) is 4.59. The molecule has 0 fully saturated rings. The Morgan fingerprint density at radius 1 is 1.08 bits per heavy atom. The summed E-state index contributed by atoms with van der Waals surface area (Å²) in [6, 6.07) is 8.88. The minimum absolute atomic E-state index is 0.396. The summed E-state index contributed by atoms with van der Waals surface area (Å²) in [4.78, 5) is 26.9. The first-order valence-corrected chi connectivity index (χ1v) is 15.7. The topological polar surface area (TPSA) is 93.4 Å². The second-order valence-corrected chi connectivity index (χ2v) is 16.0. The normalized spacial score (nSPS) is 12.6. The Bertz CT molecular complexity index is 1350.